The Morgan fingerprint density at radius 2 is 1.95 bits per heavy atom. The molecule has 3 rings (SSSR count). The van der Waals surface area contributed by atoms with Crippen LogP contribution in [0.4, 0.5) is 4.39 Å². The molecule has 3 N–H and O–H groups in total. The molecule has 1 saturated heterocycles. The topological polar surface area (TPSA) is 149 Å². The minimum Gasteiger partial charge on any atom is -0.463 e. The fraction of sp³-hybridized carbons (Fsp3) is 0.522. The summed E-state index contributed by atoms with van der Waals surface area (Å²) in [5.41, 5.74) is -2.77. The fourth-order valence-corrected chi connectivity index (χ4v) is 5.83. The summed E-state index contributed by atoms with van der Waals surface area (Å²) in [6.07, 6.45) is -3.47. The number of hydrogen-bond donors (Lipinski definition) is 3. The molecule has 0 bridgehead atoms. The van der Waals surface area contributed by atoms with Crippen LogP contribution in [-0.2, 0) is 23.4 Å². The first kappa shape index (κ1) is 29.2. The molecule has 204 valence electrons. The van der Waals surface area contributed by atoms with Gasteiger partial charge in [-0.15, -0.1) is 0 Å². The van der Waals surface area contributed by atoms with Crippen molar-refractivity contribution < 1.29 is 42.5 Å². The Morgan fingerprint density at radius 3 is 2.54 bits per heavy atom. The number of aromatic amines is 1. The minimum absolute atomic E-state index is 0.139. The van der Waals surface area contributed by atoms with E-state index in [2.05, 4.69) is 4.98 Å². The van der Waals surface area contributed by atoms with Crippen molar-refractivity contribution >= 4 is 25.8 Å². The molecule has 1 fully saturated rings. The number of ether oxygens (including phenoxy) is 2. The lowest BCUT2D eigenvalue weighted by molar-refractivity contribution is -0.203. The van der Waals surface area contributed by atoms with Crippen LogP contribution >= 0.6 is 19.8 Å². The molecular formula is C23H30FN2O9PS. The van der Waals surface area contributed by atoms with E-state index in [9.17, 15) is 24.4 Å². The Bertz CT molecular complexity index is 1270. The molecule has 1 aliphatic heterocycles. The van der Waals surface area contributed by atoms with Crippen LogP contribution in [0.25, 0.3) is 0 Å². The van der Waals surface area contributed by atoms with Crippen LogP contribution in [0.5, 0.6) is 5.75 Å². The van der Waals surface area contributed by atoms with Crippen molar-refractivity contribution in [3.8, 4) is 5.75 Å². The van der Waals surface area contributed by atoms with E-state index in [0.29, 0.717) is 0 Å². The van der Waals surface area contributed by atoms with Crippen LogP contribution < -0.4 is 10.1 Å². The van der Waals surface area contributed by atoms with Gasteiger partial charge in [-0.2, -0.15) is 0 Å². The van der Waals surface area contributed by atoms with Gasteiger partial charge in [0.25, 0.3) is 11.4 Å². The Balaban J connectivity index is 1.86. The molecule has 1 aromatic carbocycles. The molecule has 2 heterocycles. The van der Waals surface area contributed by atoms with Gasteiger partial charge >= 0.3 is 13.6 Å². The Kier molecular flexibility index (Phi) is 8.78. The number of carbonyl (C=O) groups excluding carboxylic acids is 1. The van der Waals surface area contributed by atoms with Crippen molar-refractivity contribution in [3.05, 3.63) is 57.7 Å². The molecule has 1 aromatic heterocycles. The maximum atomic E-state index is 15.9. The number of nitrogens with one attached hydrogen (secondary N) is 1. The number of H-pyrrole nitrogens is 1. The van der Waals surface area contributed by atoms with Crippen molar-refractivity contribution in [2.24, 2.45) is 5.92 Å². The molecule has 6 atom stereocenters. The molecule has 0 spiro atoms. The highest BCUT2D eigenvalue weighted by Crippen LogP contribution is 2.53. The van der Waals surface area contributed by atoms with Gasteiger partial charge in [-0.3, -0.25) is 23.7 Å². The third-order valence-corrected chi connectivity index (χ3v) is 7.89. The third kappa shape index (κ3) is 6.73. The molecule has 11 nitrogen and oxygen atoms in total. The van der Waals surface area contributed by atoms with Gasteiger partial charge in [0.2, 0.25) is 0 Å². The lowest BCUT2D eigenvalue weighted by Crippen LogP contribution is -2.49. The second kappa shape index (κ2) is 11.1. The molecule has 14 heteroatoms. The highest BCUT2D eigenvalue weighted by atomic mass is 32.1. The van der Waals surface area contributed by atoms with Gasteiger partial charge in [0, 0.05) is 12.3 Å². The second-order valence-corrected chi connectivity index (χ2v) is 11.7. The van der Waals surface area contributed by atoms with Crippen molar-refractivity contribution in [3.63, 3.8) is 0 Å². The van der Waals surface area contributed by atoms with E-state index >= 15 is 4.39 Å². The number of nitrogens with zero attached hydrogens (tertiary/aromatic N) is 1. The van der Waals surface area contributed by atoms with Crippen molar-refractivity contribution in [2.45, 2.75) is 57.6 Å². The Labute approximate surface area is 217 Å². The number of rotatable bonds is 10. The maximum absolute atomic E-state index is 15.9. The van der Waals surface area contributed by atoms with Gasteiger partial charge in [0.1, 0.15) is 24.1 Å². The lowest BCUT2D eigenvalue weighted by atomic mass is 9.95. The number of halogens is 1. The summed E-state index contributed by atoms with van der Waals surface area (Å²) in [4.78, 5) is 26.2. The van der Waals surface area contributed by atoms with Gasteiger partial charge in [-0.25, -0.2) is 8.96 Å². The van der Waals surface area contributed by atoms with Gasteiger partial charge in [0.15, 0.2) is 11.0 Å². The van der Waals surface area contributed by atoms with Crippen LogP contribution in [-0.4, -0.2) is 62.2 Å². The average molecular weight is 561 g/mol. The first-order chi connectivity index (χ1) is 17.2. The molecule has 0 saturated carbocycles. The summed E-state index contributed by atoms with van der Waals surface area (Å²) >= 11 is 5.06. The SMILES string of the molecule is CC(C)OC(=O)[C@H](C)CP(=O)(OC[C@@]1(F)O[C@@H](n2ccc(=O)[nH]c2=S)C(C)(O)[C@H]1O)Oc1ccccc1. The van der Waals surface area contributed by atoms with Crippen LogP contribution in [0, 0.1) is 10.7 Å². The normalized spacial score (nSPS) is 28.0. The van der Waals surface area contributed by atoms with Crippen molar-refractivity contribution in [2.75, 3.05) is 12.8 Å². The van der Waals surface area contributed by atoms with Gasteiger partial charge in [-0.1, -0.05) is 25.1 Å². The maximum Gasteiger partial charge on any atom is 0.380 e. The molecule has 1 aliphatic rings. The highest BCUT2D eigenvalue weighted by Gasteiger charge is 2.63. The van der Waals surface area contributed by atoms with E-state index in [1.807, 2.05) is 0 Å². The molecule has 2 aromatic rings. The number of para-hydroxylation sites is 1. The number of alkyl halides is 1. The summed E-state index contributed by atoms with van der Waals surface area (Å²) in [6, 6.07) is 9.01. The minimum atomic E-state index is -4.25. The van der Waals surface area contributed by atoms with Gasteiger partial charge in [-0.05, 0) is 45.1 Å². The average Bonchev–Trinajstić information content (AvgIpc) is 2.98. The summed E-state index contributed by atoms with van der Waals surface area (Å²) in [5, 5.41) is 21.5. The molecule has 0 amide bonds. The number of esters is 1. The van der Waals surface area contributed by atoms with Gasteiger partial charge in [0.05, 0.1) is 18.2 Å². The lowest BCUT2D eigenvalue weighted by Gasteiger charge is -2.29. The Hall–Kier alpha value is -2.41. The van der Waals surface area contributed by atoms with Gasteiger partial charge < -0.3 is 24.2 Å². The first-order valence-corrected chi connectivity index (χ1v) is 13.6. The number of aliphatic hydroxyl groups excluding tert-OH is 1. The molecule has 0 aliphatic carbocycles. The zero-order valence-electron chi connectivity index (χ0n) is 20.7. The fourth-order valence-electron chi connectivity index (χ4n) is 3.71. The van der Waals surface area contributed by atoms with Crippen molar-refractivity contribution in [1.82, 2.24) is 9.55 Å². The monoisotopic (exact) mass is 560 g/mol. The van der Waals surface area contributed by atoms with Crippen LogP contribution in [0.2, 0.25) is 0 Å². The quantitative estimate of drug-likeness (QED) is 0.225. The zero-order chi connectivity index (χ0) is 27.6. The highest BCUT2D eigenvalue weighted by molar-refractivity contribution is 7.71. The summed E-state index contributed by atoms with van der Waals surface area (Å²) in [6.45, 7) is 4.75. The second-order valence-electron chi connectivity index (χ2n) is 9.26. The van der Waals surface area contributed by atoms with Crippen LogP contribution in [0.1, 0.15) is 33.9 Å². The summed E-state index contributed by atoms with van der Waals surface area (Å²) in [5.74, 6) is -4.54. The predicted molar refractivity (Wildman–Crippen MR) is 132 cm³/mol. The number of carbonyl (C=O) groups is 1. The third-order valence-electron chi connectivity index (χ3n) is 5.57. The molecule has 2 unspecified atom stereocenters. The van der Waals surface area contributed by atoms with E-state index in [1.165, 1.54) is 25.3 Å². The summed E-state index contributed by atoms with van der Waals surface area (Å²) < 4.78 is 52.0. The number of aromatic nitrogens is 2. The number of benzene rings is 1. The van der Waals surface area contributed by atoms with E-state index in [4.69, 9.17) is 30.7 Å². The smallest absolute Gasteiger partial charge is 0.380 e. The number of aliphatic hydroxyl groups is 2. The van der Waals surface area contributed by atoms with Crippen LogP contribution in [0.15, 0.2) is 47.4 Å². The van der Waals surface area contributed by atoms with E-state index in [-0.39, 0.29) is 10.5 Å². The standard InChI is InChI=1S/C23H30FN2O9PS/c1-14(2)33-18(28)15(3)12-36(31,35-16-8-6-5-7-9-16)32-13-23(24)19(29)22(4,30)20(34-23)26-11-10-17(27)25-21(26)37/h5-11,14-15,19-20,29-30H,12-13H2,1-4H3,(H,25,27,37)/t15-,19-,20-,22?,23-,36?/m1/s1. The molecular weight excluding hydrogens is 530 g/mol. The predicted octanol–water partition coefficient (Wildman–Crippen LogP) is 3.09. The number of hydrogen-bond acceptors (Lipinski definition) is 10. The molecule has 37 heavy (non-hydrogen) atoms. The van der Waals surface area contributed by atoms with Crippen molar-refractivity contribution in [1.29, 1.82) is 0 Å². The van der Waals surface area contributed by atoms with E-state index in [1.54, 1.807) is 32.0 Å². The molecule has 0 radical (unpaired) electrons. The largest absolute Gasteiger partial charge is 0.463 e. The van der Waals surface area contributed by atoms with Crippen LogP contribution in [0.3, 0.4) is 0 Å². The van der Waals surface area contributed by atoms with E-state index in [0.717, 1.165) is 17.6 Å². The zero-order valence-corrected chi connectivity index (χ0v) is 22.4. The van der Waals surface area contributed by atoms with E-state index < -0.39 is 67.7 Å². The summed E-state index contributed by atoms with van der Waals surface area (Å²) in [7, 11) is -4.25. The first-order valence-electron chi connectivity index (χ1n) is 11.4. The Morgan fingerprint density at radius 1 is 1.30 bits per heavy atom.